The number of hydrogen-bond donors (Lipinski definition) is 2. The van der Waals surface area contributed by atoms with Gasteiger partial charge in [-0.15, -0.1) is 0 Å². The smallest absolute Gasteiger partial charge is 0.334 e. The monoisotopic (exact) mass is 452 g/mol. The molecule has 1 fully saturated rings. The average Bonchev–Trinajstić information content (AvgIpc) is 3.20. The molecule has 0 bridgehead atoms. The first-order chi connectivity index (χ1) is 15.6. The van der Waals surface area contributed by atoms with Crippen LogP contribution in [0, 0.1) is 0 Å². The average molecular weight is 453 g/mol. The van der Waals surface area contributed by atoms with Crippen LogP contribution in [0.3, 0.4) is 0 Å². The van der Waals surface area contributed by atoms with Crippen LogP contribution in [0.25, 0.3) is 22.5 Å². The fourth-order valence-electron chi connectivity index (χ4n) is 3.99. The van der Waals surface area contributed by atoms with Crippen molar-refractivity contribution in [2.75, 3.05) is 38.2 Å². The van der Waals surface area contributed by atoms with E-state index in [1.165, 1.54) is 4.57 Å². The third-order valence-electron chi connectivity index (χ3n) is 5.50. The first-order valence-electron chi connectivity index (χ1n) is 10.2. The molecule has 0 atom stereocenters. The second-order valence-electron chi connectivity index (χ2n) is 7.40. The van der Waals surface area contributed by atoms with Gasteiger partial charge in [0.05, 0.1) is 23.5 Å². The molecule has 5 rings (SSSR count). The minimum Gasteiger partial charge on any atom is -0.497 e. The maximum atomic E-state index is 13.1. The Morgan fingerprint density at radius 3 is 2.56 bits per heavy atom. The van der Waals surface area contributed by atoms with Gasteiger partial charge in [0, 0.05) is 32.2 Å². The van der Waals surface area contributed by atoms with Crippen molar-refractivity contribution in [1.29, 1.82) is 0 Å². The van der Waals surface area contributed by atoms with E-state index in [-0.39, 0.29) is 11.2 Å². The normalized spacial score (nSPS) is 14.1. The summed E-state index contributed by atoms with van der Waals surface area (Å²) in [5.41, 5.74) is 0.539. The molecule has 2 aromatic carbocycles. The van der Waals surface area contributed by atoms with Crippen LogP contribution in [0.15, 0.2) is 58.1 Å². The number of imidazole rings is 1. The maximum absolute atomic E-state index is 13.1. The van der Waals surface area contributed by atoms with Gasteiger partial charge in [-0.1, -0.05) is 29.8 Å². The predicted octanol–water partition coefficient (Wildman–Crippen LogP) is 1.94. The molecule has 0 unspecified atom stereocenters. The number of ether oxygens (including phenoxy) is 1. The topological polar surface area (TPSA) is 97.2 Å². The third-order valence-corrected chi connectivity index (χ3v) is 5.82. The number of hydrogen-bond acceptors (Lipinski definition) is 6. The number of benzene rings is 2. The predicted molar refractivity (Wildman–Crippen MR) is 124 cm³/mol. The largest absolute Gasteiger partial charge is 0.497 e. The van der Waals surface area contributed by atoms with E-state index in [1.807, 2.05) is 18.2 Å². The molecule has 10 heteroatoms. The van der Waals surface area contributed by atoms with Gasteiger partial charge in [0.2, 0.25) is 5.95 Å². The highest BCUT2D eigenvalue weighted by Gasteiger charge is 2.25. The van der Waals surface area contributed by atoms with Crippen molar-refractivity contribution in [3.05, 3.63) is 74.4 Å². The molecule has 2 aromatic heterocycles. The summed E-state index contributed by atoms with van der Waals surface area (Å²) in [5.74, 6) is 1.14. The van der Waals surface area contributed by atoms with Gasteiger partial charge in [0.1, 0.15) is 5.75 Å². The Morgan fingerprint density at radius 2 is 1.81 bits per heavy atom. The maximum Gasteiger partial charge on any atom is 0.334 e. The Balaban J connectivity index is 1.88. The lowest BCUT2D eigenvalue weighted by atomic mass is 10.3. The van der Waals surface area contributed by atoms with E-state index in [1.54, 1.807) is 42.0 Å². The van der Waals surface area contributed by atoms with Crippen LogP contribution in [0.1, 0.15) is 0 Å². The molecule has 0 radical (unpaired) electrons. The fraction of sp³-hybridized carbons (Fsp3) is 0.227. The molecule has 3 heterocycles. The second kappa shape index (κ2) is 8.18. The van der Waals surface area contributed by atoms with E-state index in [4.69, 9.17) is 21.3 Å². The molecule has 9 nitrogen and oxygen atoms in total. The van der Waals surface area contributed by atoms with E-state index >= 15 is 0 Å². The summed E-state index contributed by atoms with van der Waals surface area (Å²) >= 11 is 6.53. The van der Waals surface area contributed by atoms with Crippen LogP contribution in [0.4, 0.5) is 5.95 Å². The molecule has 164 valence electrons. The summed E-state index contributed by atoms with van der Waals surface area (Å²) < 4.78 is 8.44. The molecule has 0 amide bonds. The summed E-state index contributed by atoms with van der Waals surface area (Å²) in [5, 5.41) is 3.79. The van der Waals surface area contributed by atoms with Crippen LogP contribution >= 0.6 is 11.6 Å². The van der Waals surface area contributed by atoms with E-state index < -0.39 is 11.2 Å². The van der Waals surface area contributed by atoms with Crippen molar-refractivity contribution in [1.82, 2.24) is 24.4 Å². The highest BCUT2D eigenvalue weighted by Crippen LogP contribution is 2.30. The number of methoxy groups -OCH3 is 1. The zero-order valence-electron chi connectivity index (χ0n) is 17.3. The van der Waals surface area contributed by atoms with Crippen LogP contribution in [-0.4, -0.2) is 52.4 Å². The number of nitrogens with zero attached hydrogens (tertiary/aromatic N) is 4. The SMILES string of the molecule is COc1cccc(-n2c(=O)[nH]c(=O)c3c2nc(N2CCNCC2)n3-c2ccccc2Cl)c1. The number of anilines is 1. The number of aromatic nitrogens is 4. The van der Waals surface area contributed by atoms with E-state index in [2.05, 4.69) is 15.2 Å². The molecule has 1 aliphatic rings. The Bertz CT molecular complexity index is 1420. The molecule has 2 N–H and O–H groups in total. The van der Waals surface area contributed by atoms with Gasteiger partial charge < -0.3 is 15.0 Å². The van der Waals surface area contributed by atoms with Crippen molar-refractivity contribution in [3.63, 3.8) is 0 Å². The lowest BCUT2D eigenvalue weighted by Crippen LogP contribution is -2.44. The van der Waals surface area contributed by atoms with Crippen molar-refractivity contribution < 1.29 is 4.74 Å². The number of halogens is 1. The second-order valence-corrected chi connectivity index (χ2v) is 7.81. The number of fused-ring (bicyclic) bond motifs is 1. The summed E-state index contributed by atoms with van der Waals surface area (Å²) in [6, 6.07) is 14.3. The van der Waals surface area contributed by atoms with Gasteiger partial charge in [-0.25, -0.2) is 9.36 Å². The zero-order valence-corrected chi connectivity index (χ0v) is 18.1. The fourth-order valence-corrected chi connectivity index (χ4v) is 4.21. The number of H-pyrrole nitrogens is 1. The molecule has 4 aromatic rings. The van der Waals surface area contributed by atoms with Gasteiger partial charge in [0.25, 0.3) is 5.56 Å². The molecule has 0 saturated carbocycles. The standard InChI is InChI=1S/C22H21ClN6O3/c1-32-15-6-4-5-14(13-15)28-19-18(20(30)26-22(28)31)29(17-8-3-2-7-16(17)23)21(25-19)27-11-9-24-10-12-27/h2-8,13,24H,9-12H2,1H3,(H,26,30,31). The highest BCUT2D eigenvalue weighted by atomic mass is 35.5. The quantitative estimate of drug-likeness (QED) is 0.491. The summed E-state index contributed by atoms with van der Waals surface area (Å²) in [6.45, 7) is 2.97. The molecule has 0 aliphatic carbocycles. The van der Waals surface area contributed by atoms with Crippen LogP contribution < -0.4 is 26.2 Å². The molecule has 32 heavy (non-hydrogen) atoms. The molecular weight excluding hydrogens is 432 g/mol. The number of rotatable bonds is 4. The number of piperazine rings is 1. The Hall–Kier alpha value is -3.56. The summed E-state index contributed by atoms with van der Waals surface area (Å²) in [4.78, 5) is 35.3. The van der Waals surface area contributed by atoms with E-state index in [0.29, 0.717) is 41.2 Å². The van der Waals surface area contributed by atoms with Gasteiger partial charge in [0.15, 0.2) is 11.2 Å². The Morgan fingerprint density at radius 1 is 1.03 bits per heavy atom. The molecule has 1 aliphatic heterocycles. The number of para-hydroxylation sites is 1. The molecule has 0 spiro atoms. The Kier molecular flexibility index (Phi) is 5.20. The van der Waals surface area contributed by atoms with Crippen molar-refractivity contribution in [2.45, 2.75) is 0 Å². The highest BCUT2D eigenvalue weighted by molar-refractivity contribution is 6.32. The third kappa shape index (κ3) is 3.35. The van der Waals surface area contributed by atoms with Crippen LogP contribution in [0.2, 0.25) is 5.02 Å². The van der Waals surface area contributed by atoms with E-state index in [9.17, 15) is 9.59 Å². The van der Waals surface area contributed by atoms with Gasteiger partial charge in [-0.3, -0.25) is 14.3 Å². The molecule has 1 saturated heterocycles. The van der Waals surface area contributed by atoms with Crippen molar-refractivity contribution in [3.8, 4) is 17.1 Å². The first kappa shape index (κ1) is 20.3. The lowest BCUT2D eigenvalue weighted by Gasteiger charge is -2.28. The minimum atomic E-state index is -0.577. The summed E-state index contributed by atoms with van der Waals surface area (Å²) in [7, 11) is 1.55. The van der Waals surface area contributed by atoms with Gasteiger partial charge >= 0.3 is 5.69 Å². The van der Waals surface area contributed by atoms with Crippen LogP contribution in [0.5, 0.6) is 5.75 Å². The zero-order chi connectivity index (χ0) is 22.2. The van der Waals surface area contributed by atoms with Gasteiger partial charge in [-0.05, 0) is 24.3 Å². The lowest BCUT2D eigenvalue weighted by molar-refractivity contribution is 0.414. The van der Waals surface area contributed by atoms with E-state index in [0.717, 1.165) is 13.1 Å². The minimum absolute atomic E-state index is 0.244. The number of aromatic amines is 1. The number of nitrogens with one attached hydrogen (secondary N) is 2. The Labute approximate surface area is 187 Å². The van der Waals surface area contributed by atoms with Gasteiger partial charge in [-0.2, -0.15) is 4.98 Å². The van der Waals surface area contributed by atoms with Crippen molar-refractivity contribution >= 4 is 28.7 Å². The van der Waals surface area contributed by atoms with Crippen LogP contribution in [-0.2, 0) is 0 Å². The first-order valence-corrected chi connectivity index (χ1v) is 10.6. The molecular formula is C22H21ClN6O3. The van der Waals surface area contributed by atoms with Crippen molar-refractivity contribution in [2.24, 2.45) is 0 Å². The summed E-state index contributed by atoms with van der Waals surface area (Å²) in [6.07, 6.45) is 0.